The average Bonchev–Trinajstić information content (AvgIpc) is 3.45. The number of nitrogens with zero attached hydrogens (tertiary/aromatic N) is 2. The van der Waals surface area contributed by atoms with E-state index in [1.807, 2.05) is 56.4 Å². The number of benzene rings is 1. The van der Waals surface area contributed by atoms with Crippen LogP contribution in [0.2, 0.25) is 0 Å². The number of aliphatic hydroxyl groups is 1. The van der Waals surface area contributed by atoms with Crippen LogP contribution in [0.25, 0.3) is 10.9 Å². The Balaban J connectivity index is 1.58. The Labute approximate surface area is 346 Å². The van der Waals surface area contributed by atoms with Crippen LogP contribution in [0.15, 0.2) is 36.5 Å². The molecule has 4 heterocycles. The van der Waals surface area contributed by atoms with Crippen LogP contribution in [0, 0.1) is 23.7 Å². The number of aliphatic hydroxyl groups excluding tert-OH is 1. The Hall–Kier alpha value is -3.01. The minimum atomic E-state index is -3.17. The van der Waals surface area contributed by atoms with E-state index < -0.39 is 88.1 Å². The Morgan fingerprint density at radius 2 is 1.74 bits per heavy atom. The number of para-hydroxylation sites is 1. The van der Waals surface area contributed by atoms with Crippen molar-refractivity contribution in [3.8, 4) is 0 Å². The maximum atomic E-state index is 17.0. The summed E-state index contributed by atoms with van der Waals surface area (Å²) in [6.07, 6.45) is 0.0627. The largest absolute Gasteiger partial charge is 0.455 e. The van der Waals surface area contributed by atoms with Gasteiger partial charge in [0.2, 0.25) is 0 Å². The number of aromatic nitrogens is 1. The van der Waals surface area contributed by atoms with Crippen LogP contribution in [0.5, 0.6) is 0 Å². The number of thioether (sulfide) groups is 1. The lowest BCUT2D eigenvalue weighted by Crippen LogP contribution is -2.61. The van der Waals surface area contributed by atoms with Crippen molar-refractivity contribution in [2.24, 2.45) is 23.7 Å². The van der Waals surface area contributed by atoms with E-state index >= 15 is 4.39 Å². The fraction of sp³-hybridized carbons (Fsp3) is 0.705. The molecule has 14 atom stereocenters. The highest BCUT2D eigenvalue weighted by molar-refractivity contribution is 7.99. The molecule has 5 rings (SSSR count). The normalized spacial score (nSPS) is 39.3. The topological polar surface area (TPSA) is 151 Å². The lowest BCUT2D eigenvalue weighted by atomic mass is 9.70. The van der Waals surface area contributed by atoms with Crippen molar-refractivity contribution >= 4 is 46.2 Å². The number of alkyl halides is 1. The zero-order valence-electron chi connectivity index (χ0n) is 35.9. The third kappa shape index (κ3) is 9.17. The van der Waals surface area contributed by atoms with Gasteiger partial charge < -0.3 is 33.7 Å². The predicted molar refractivity (Wildman–Crippen MR) is 219 cm³/mol. The van der Waals surface area contributed by atoms with E-state index in [1.54, 1.807) is 40.9 Å². The second kappa shape index (κ2) is 18.3. The van der Waals surface area contributed by atoms with E-state index in [1.165, 1.54) is 18.7 Å². The molecule has 1 unspecified atom stereocenters. The number of likely N-dealkylation sites (N-methyl/N-ethyl adjacent to an activating group) is 1. The second-order valence-electron chi connectivity index (χ2n) is 17.5. The number of ketones is 2. The molecule has 1 aromatic carbocycles. The van der Waals surface area contributed by atoms with Gasteiger partial charge in [-0.2, -0.15) is 0 Å². The first-order valence-electron chi connectivity index (χ1n) is 20.6. The number of hydrogen-bond acceptors (Lipinski definition) is 13. The molecule has 0 bridgehead atoms. The summed E-state index contributed by atoms with van der Waals surface area (Å²) in [7, 11) is 3.67. The van der Waals surface area contributed by atoms with Gasteiger partial charge in [0, 0.05) is 47.9 Å². The number of aryl methyl sites for hydroxylation is 1. The molecule has 0 saturated carbocycles. The quantitative estimate of drug-likeness (QED) is 0.172. The molecule has 1 N–H and O–H groups in total. The molecule has 3 aliphatic rings. The van der Waals surface area contributed by atoms with E-state index in [0.29, 0.717) is 19.3 Å². The Morgan fingerprint density at radius 1 is 1.05 bits per heavy atom. The lowest BCUT2D eigenvalue weighted by molar-refractivity contribution is -0.297. The van der Waals surface area contributed by atoms with Crippen LogP contribution >= 0.6 is 11.8 Å². The molecule has 3 saturated heterocycles. The average molecular weight is 831 g/mol. The van der Waals surface area contributed by atoms with Gasteiger partial charge in [-0.05, 0) is 97.8 Å². The van der Waals surface area contributed by atoms with Crippen molar-refractivity contribution in [3.63, 3.8) is 0 Å². The van der Waals surface area contributed by atoms with Crippen molar-refractivity contribution in [2.45, 2.75) is 146 Å². The van der Waals surface area contributed by atoms with Gasteiger partial charge in [0.25, 0.3) is 5.67 Å². The van der Waals surface area contributed by atoms with Crippen molar-refractivity contribution in [2.75, 3.05) is 27.0 Å². The molecule has 1 aromatic heterocycles. The fourth-order valence-corrected chi connectivity index (χ4v) is 10.6. The van der Waals surface area contributed by atoms with Crippen LogP contribution in [-0.4, -0.2) is 124 Å². The van der Waals surface area contributed by atoms with E-state index in [-0.39, 0.29) is 37.4 Å². The first kappa shape index (κ1) is 46.1. The number of fused-ring (bicyclic) bond motifs is 2. The summed E-state index contributed by atoms with van der Waals surface area (Å²) in [5.74, 6) is -6.95. The second-order valence-corrected chi connectivity index (χ2v) is 18.5. The highest BCUT2D eigenvalue weighted by Gasteiger charge is 2.62. The van der Waals surface area contributed by atoms with Crippen molar-refractivity contribution < 1.29 is 52.4 Å². The first-order valence-corrected chi connectivity index (χ1v) is 21.9. The molecule has 12 nitrogen and oxygen atoms in total. The highest BCUT2D eigenvalue weighted by atomic mass is 32.2. The number of cyclic esters (lactones) is 1. The summed E-state index contributed by atoms with van der Waals surface area (Å²) in [5, 5.41) is 11.8. The number of halogens is 1. The van der Waals surface area contributed by atoms with Gasteiger partial charge in [0.05, 0.1) is 23.3 Å². The van der Waals surface area contributed by atoms with Gasteiger partial charge in [0.1, 0.15) is 23.2 Å². The number of rotatable bonds is 10. The van der Waals surface area contributed by atoms with E-state index in [4.69, 9.17) is 23.7 Å². The number of carbonyl (C=O) groups is 4. The zero-order valence-corrected chi connectivity index (χ0v) is 36.7. The Bertz CT molecular complexity index is 1810. The van der Waals surface area contributed by atoms with Gasteiger partial charge >= 0.3 is 11.9 Å². The van der Waals surface area contributed by atoms with Crippen LogP contribution in [0.3, 0.4) is 0 Å². The minimum absolute atomic E-state index is 0.0122. The van der Waals surface area contributed by atoms with Gasteiger partial charge in [-0.1, -0.05) is 45.9 Å². The van der Waals surface area contributed by atoms with Crippen molar-refractivity contribution in [1.29, 1.82) is 0 Å². The van der Waals surface area contributed by atoms with Gasteiger partial charge in [-0.25, -0.2) is 9.18 Å². The van der Waals surface area contributed by atoms with E-state index in [9.17, 15) is 24.3 Å². The summed E-state index contributed by atoms with van der Waals surface area (Å²) < 4.78 is 48.4. The molecule has 0 amide bonds. The fourth-order valence-electron chi connectivity index (χ4n) is 9.60. The maximum Gasteiger partial charge on any atom is 0.351 e. The number of Topliss-reactive ketones (excluding diaryl/α,β-unsaturated/α-hetero) is 2. The molecule has 0 radical (unpaired) electrons. The summed E-state index contributed by atoms with van der Waals surface area (Å²) in [6, 6.07) is 9.53. The number of hydrogen-bond donors (Lipinski definition) is 1. The molecule has 3 fully saturated rings. The molecule has 2 aromatic rings. The number of ether oxygens (including phenoxy) is 5. The SMILES string of the molecule is CC[C@H]1OC(=O)[C@@](C)(F)C(=O)[C@H](C)[C@@H](O[C@@H]2O[C@H](C)C[C@H](N(C)C)[C@H]2O)[C@](C)(OCCCc2cnc3ccccc3c2)C[C@@H](C)C(=O)[C@H](C)[C@@H]2C(SC)C(=O)O[C@]12C. The van der Waals surface area contributed by atoms with Gasteiger partial charge in [0.15, 0.2) is 17.7 Å². The monoisotopic (exact) mass is 830 g/mol. The molecular weight excluding hydrogens is 768 g/mol. The molecule has 58 heavy (non-hydrogen) atoms. The number of carbonyl (C=O) groups excluding carboxylic acids is 4. The summed E-state index contributed by atoms with van der Waals surface area (Å²) in [4.78, 5) is 62.9. The van der Waals surface area contributed by atoms with Crippen LogP contribution < -0.4 is 0 Å². The highest BCUT2D eigenvalue weighted by Crippen LogP contribution is 2.48. The standard InChI is InChI=1S/C44H63FN2O10S/c1-12-32-44(8)33(36(58-11)39(51)57-44)26(4)34(48)24(2)22-42(6,53-19-15-16-28-21-29-17-13-14-18-30(29)46-23-28)38(27(5)37(50)43(7,45)41(52)55-32)56-40-35(49)31(47(9)10)20-25(3)54-40/h13-14,17-18,21,23-27,31-33,35-36,38,40,49H,12,15-16,19-20,22H2,1-11H3/t24-,25-,26-,27+,31+,32-,33-,35-,36?,38-,40+,42-,43+,44-/m1/s1. The van der Waals surface area contributed by atoms with Gasteiger partial charge in [-0.3, -0.25) is 19.4 Å². The Morgan fingerprint density at radius 3 is 2.40 bits per heavy atom. The maximum absolute atomic E-state index is 17.0. The summed E-state index contributed by atoms with van der Waals surface area (Å²) in [6.45, 7) is 12.9. The van der Waals surface area contributed by atoms with E-state index in [0.717, 1.165) is 23.4 Å². The van der Waals surface area contributed by atoms with Gasteiger partial charge in [-0.15, -0.1) is 11.8 Å². The first-order chi connectivity index (χ1) is 27.2. The Kier molecular flexibility index (Phi) is 14.5. The van der Waals surface area contributed by atoms with Crippen molar-refractivity contribution in [3.05, 3.63) is 42.1 Å². The van der Waals surface area contributed by atoms with E-state index in [2.05, 4.69) is 11.1 Å². The molecular formula is C44H63FN2O10S. The van der Waals surface area contributed by atoms with Crippen LogP contribution in [0.4, 0.5) is 4.39 Å². The molecule has 0 spiro atoms. The third-order valence-electron chi connectivity index (χ3n) is 12.8. The minimum Gasteiger partial charge on any atom is -0.455 e. The predicted octanol–water partition coefficient (Wildman–Crippen LogP) is 5.92. The molecule has 3 aliphatic heterocycles. The number of pyridine rings is 1. The lowest BCUT2D eigenvalue weighted by Gasteiger charge is -2.47. The van der Waals surface area contributed by atoms with Crippen LogP contribution in [0.1, 0.15) is 86.6 Å². The molecule has 0 aliphatic carbocycles. The smallest absolute Gasteiger partial charge is 0.351 e. The third-order valence-corrected chi connectivity index (χ3v) is 13.8. The number of esters is 2. The molecule has 14 heteroatoms. The summed E-state index contributed by atoms with van der Waals surface area (Å²) in [5.41, 5.74) is -4.27. The van der Waals surface area contributed by atoms with Crippen molar-refractivity contribution in [1.82, 2.24) is 9.88 Å². The zero-order chi connectivity index (χ0) is 42.9. The van der Waals surface area contributed by atoms with Crippen LogP contribution in [-0.2, 0) is 49.3 Å². The summed E-state index contributed by atoms with van der Waals surface area (Å²) >= 11 is 1.24. The molecule has 322 valence electrons.